The maximum Gasteiger partial charge on any atom is 0.222 e. The standard InChI is InChI=1S/C27H35N3O3/c1-21(31)29-14-8-24(9-15-29)19-27(32)30-16-10-23(11-17-30)18-22-2-4-25(5-3-22)20-33-26-6-12-28-13-7-26/h2-7,12-13,23-24H,8-11,14-20H2,1H3. The summed E-state index contributed by atoms with van der Waals surface area (Å²) in [6.45, 7) is 5.51. The first-order chi connectivity index (χ1) is 16.1. The summed E-state index contributed by atoms with van der Waals surface area (Å²) >= 11 is 0. The lowest BCUT2D eigenvalue weighted by Crippen LogP contribution is -2.42. The van der Waals surface area contributed by atoms with Gasteiger partial charge in [0.2, 0.25) is 11.8 Å². The molecule has 2 aromatic rings. The summed E-state index contributed by atoms with van der Waals surface area (Å²) in [5.74, 6) is 2.33. The normalized spacial score (nSPS) is 17.7. The van der Waals surface area contributed by atoms with Crippen molar-refractivity contribution >= 4 is 11.8 Å². The Morgan fingerprint density at radius 1 is 0.848 bits per heavy atom. The number of nitrogens with zero attached hydrogens (tertiary/aromatic N) is 3. The number of carbonyl (C=O) groups excluding carboxylic acids is 2. The second-order valence-corrected chi connectivity index (χ2v) is 9.47. The second kappa shape index (κ2) is 11.3. The van der Waals surface area contributed by atoms with Gasteiger partial charge in [-0.25, -0.2) is 0 Å². The third-order valence-corrected chi connectivity index (χ3v) is 7.09. The Balaban J connectivity index is 1.16. The van der Waals surface area contributed by atoms with Gasteiger partial charge in [0.1, 0.15) is 12.4 Å². The van der Waals surface area contributed by atoms with Crippen LogP contribution in [0.25, 0.3) is 0 Å². The number of ether oxygens (including phenoxy) is 1. The molecule has 0 aliphatic carbocycles. The van der Waals surface area contributed by atoms with Crippen molar-refractivity contribution in [3.8, 4) is 5.75 Å². The highest BCUT2D eigenvalue weighted by atomic mass is 16.5. The molecule has 2 aliphatic rings. The van der Waals surface area contributed by atoms with Gasteiger partial charge in [0, 0.05) is 51.9 Å². The topological polar surface area (TPSA) is 62.7 Å². The molecule has 1 aromatic carbocycles. The van der Waals surface area contributed by atoms with Gasteiger partial charge >= 0.3 is 0 Å². The van der Waals surface area contributed by atoms with E-state index in [0.29, 0.717) is 30.8 Å². The third-order valence-electron chi connectivity index (χ3n) is 7.09. The van der Waals surface area contributed by atoms with E-state index in [9.17, 15) is 9.59 Å². The molecular weight excluding hydrogens is 414 g/mol. The SMILES string of the molecule is CC(=O)N1CCC(CC(=O)N2CCC(Cc3ccc(COc4ccncc4)cc3)CC2)CC1. The molecule has 0 N–H and O–H groups in total. The molecule has 4 rings (SSSR count). The molecule has 2 fully saturated rings. The lowest BCUT2D eigenvalue weighted by molar-refractivity contribution is -0.134. The molecule has 0 bridgehead atoms. The molecule has 2 amide bonds. The van der Waals surface area contributed by atoms with Gasteiger partial charge in [-0.05, 0) is 67.2 Å². The highest BCUT2D eigenvalue weighted by Gasteiger charge is 2.27. The number of piperidine rings is 2. The van der Waals surface area contributed by atoms with E-state index in [0.717, 1.165) is 69.6 Å². The molecule has 2 aliphatic heterocycles. The molecule has 1 aromatic heterocycles. The minimum absolute atomic E-state index is 0.148. The molecule has 6 heteroatoms. The number of aromatic nitrogens is 1. The van der Waals surface area contributed by atoms with Crippen LogP contribution in [-0.4, -0.2) is 52.8 Å². The van der Waals surface area contributed by atoms with Crippen LogP contribution in [0.2, 0.25) is 0 Å². The van der Waals surface area contributed by atoms with E-state index >= 15 is 0 Å². The number of hydrogen-bond donors (Lipinski definition) is 0. The Kier molecular flexibility index (Phi) is 7.97. The van der Waals surface area contributed by atoms with Crippen LogP contribution in [0.3, 0.4) is 0 Å². The van der Waals surface area contributed by atoms with E-state index in [4.69, 9.17) is 4.74 Å². The smallest absolute Gasteiger partial charge is 0.222 e. The van der Waals surface area contributed by atoms with Crippen molar-refractivity contribution in [3.05, 3.63) is 59.9 Å². The Bertz CT molecular complexity index is 900. The van der Waals surface area contributed by atoms with Crippen LogP contribution in [-0.2, 0) is 22.6 Å². The number of carbonyl (C=O) groups is 2. The Morgan fingerprint density at radius 2 is 1.42 bits per heavy atom. The van der Waals surface area contributed by atoms with E-state index in [1.165, 1.54) is 5.56 Å². The molecule has 3 heterocycles. The summed E-state index contributed by atoms with van der Waals surface area (Å²) in [6, 6.07) is 12.4. The molecule has 0 radical (unpaired) electrons. The maximum atomic E-state index is 12.8. The predicted molar refractivity (Wildman–Crippen MR) is 128 cm³/mol. The minimum atomic E-state index is 0.148. The Hall–Kier alpha value is -2.89. The monoisotopic (exact) mass is 449 g/mol. The van der Waals surface area contributed by atoms with Crippen LogP contribution in [0.4, 0.5) is 0 Å². The van der Waals surface area contributed by atoms with Crippen molar-refractivity contribution in [1.29, 1.82) is 0 Å². The van der Waals surface area contributed by atoms with Gasteiger partial charge in [0.05, 0.1) is 0 Å². The molecule has 0 spiro atoms. The third kappa shape index (κ3) is 6.80. The number of amides is 2. The molecule has 0 atom stereocenters. The Labute approximate surface area is 196 Å². The fourth-order valence-corrected chi connectivity index (χ4v) is 4.92. The van der Waals surface area contributed by atoms with Gasteiger partial charge in [-0.1, -0.05) is 24.3 Å². The summed E-state index contributed by atoms with van der Waals surface area (Å²) < 4.78 is 5.79. The van der Waals surface area contributed by atoms with Gasteiger partial charge in [0.15, 0.2) is 0 Å². The van der Waals surface area contributed by atoms with Crippen LogP contribution < -0.4 is 4.74 Å². The van der Waals surface area contributed by atoms with Crippen LogP contribution in [0.15, 0.2) is 48.8 Å². The largest absolute Gasteiger partial charge is 0.489 e. The van der Waals surface area contributed by atoms with E-state index in [2.05, 4.69) is 34.1 Å². The van der Waals surface area contributed by atoms with Gasteiger partial charge in [0.25, 0.3) is 0 Å². The van der Waals surface area contributed by atoms with Crippen molar-refractivity contribution in [1.82, 2.24) is 14.8 Å². The fraction of sp³-hybridized carbons (Fsp3) is 0.519. The lowest BCUT2D eigenvalue weighted by Gasteiger charge is -2.35. The van der Waals surface area contributed by atoms with Crippen LogP contribution in [0.1, 0.15) is 50.2 Å². The van der Waals surface area contributed by atoms with Gasteiger partial charge in [-0.3, -0.25) is 14.6 Å². The zero-order chi connectivity index (χ0) is 23.0. The zero-order valence-corrected chi connectivity index (χ0v) is 19.6. The summed E-state index contributed by atoms with van der Waals surface area (Å²) in [4.78, 5) is 32.2. The minimum Gasteiger partial charge on any atom is -0.489 e. The quantitative estimate of drug-likeness (QED) is 0.639. The Morgan fingerprint density at radius 3 is 2.06 bits per heavy atom. The number of hydrogen-bond acceptors (Lipinski definition) is 4. The van der Waals surface area contributed by atoms with E-state index in [1.807, 2.05) is 17.0 Å². The summed E-state index contributed by atoms with van der Waals surface area (Å²) in [6.07, 6.45) is 9.21. The van der Waals surface area contributed by atoms with Gasteiger partial charge in [-0.15, -0.1) is 0 Å². The molecule has 176 valence electrons. The lowest BCUT2D eigenvalue weighted by atomic mass is 9.89. The predicted octanol–water partition coefficient (Wildman–Crippen LogP) is 4.09. The first-order valence-corrected chi connectivity index (χ1v) is 12.2. The van der Waals surface area contributed by atoms with E-state index < -0.39 is 0 Å². The van der Waals surface area contributed by atoms with Crippen molar-refractivity contribution in [2.24, 2.45) is 11.8 Å². The summed E-state index contributed by atoms with van der Waals surface area (Å²) in [7, 11) is 0. The summed E-state index contributed by atoms with van der Waals surface area (Å²) in [5, 5.41) is 0. The first kappa shape index (κ1) is 23.3. The second-order valence-electron chi connectivity index (χ2n) is 9.47. The van der Waals surface area contributed by atoms with Crippen molar-refractivity contribution in [2.75, 3.05) is 26.2 Å². The molecule has 6 nitrogen and oxygen atoms in total. The molecule has 0 unspecified atom stereocenters. The van der Waals surface area contributed by atoms with Crippen molar-refractivity contribution < 1.29 is 14.3 Å². The highest BCUT2D eigenvalue weighted by molar-refractivity contribution is 5.76. The number of benzene rings is 1. The fourth-order valence-electron chi connectivity index (χ4n) is 4.92. The molecule has 0 saturated carbocycles. The zero-order valence-electron chi connectivity index (χ0n) is 19.6. The van der Waals surface area contributed by atoms with E-state index in [-0.39, 0.29) is 5.91 Å². The average molecular weight is 450 g/mol. The van der Waals surface area contributed by atoms with E-state index in [1.54, 1.807) is 19.3 Å². The molecular formula is C27H35N3O3. The summed E-state index contributed by atoms with van der Waals surface area (Å²) in [5.41, 5.74) is 2.51. The number of likely N-dealkylation sites (tertiary alicyclic amines) is 2. The van der Waals surface area contributed by atoms with Crippen molar-refractivity contribution in [2.45, 2.75) is 52.1 Å². The molecule has 33 heavy (non-hydrogen) atoms. The number of rotatable bonds is 7. The van der Waals surface area contributed by atoms with Crippen LogP contribution in [0, 0.1) is 11.8 Å². The maximum absolute atomic E-state index is 12.8. The van der Waals surface area contributed by atoms with Gasteiger partial charge in [-0.2, -0.15) is 0 Å². The molecule has 2 saturated heterocycles. The van der Waals surface area contributed by atoms with Gasteiger partial charge < -0.3 is 14.5 Å². The number of pyridine rings is 1. The van der Waals surface area contributed by atoms with Crippen LogP contribution in [0.5, 0.6) is 5.75 Å². The van der Waals surface area contributed by atoms with Crippen LogP contribution >= 0.6 is 0 Å². The van der Waals surface area contributed by atoms with Crippen molar-refractivity contribution in [3.63, 3.8) is 0 Å². The average Bonchev–Trinajstić information content (AvgIpc) is 2.85. The first-order valence-electron chi connectivity index (χ1n) is 12.2. The highest BCUT2D eigenvalue weighted by Crippen LogP contribution is 2.26.